The van der Waals surface area contributed by atoms with E-state index in [1.54, 1.807) is 7.11 Å². The van der Waals surface area contributed by atoms with E-state index in [2.05, 4.69) is 63.2 Å². The topological polar surface area (TPSA) is 39.9 Å². The zero-order chi connectivity index (χ0) is 20.8. The molecule has 0 N–H and O–H groups in total. The maximum atomic E-state index is 5.50. The molecule has 0 spiro atoms. The Kier molecular flexibility index (Phi) is 4.28. The van der Waals surface area contributed by atoms with E-state index in [4.69, 9.17) is 14.8 Å². The van der Waals surface area contributed by atoms with Gasteiger partial charge in [-0.25, -0.2) is 4.68 Å². The first-order valence-electron chi connectivity index (χ1n) is 10.1. The third kappa shape index (κ3) is 2.92. The molecule has 4 nitrogen and oxygen atoms in total. The van der Waals surface area contributed by atoms with E-state index in [1.165, 1.54) is 16.7 Å². The van der Waals surface area contributed by atoms with E-state index in [9.17, 15) is 0 Å². The van der Waals surface area contributed by atoms with Crippen LogP contribution in [0.1, 0.15) is 16.7 Å². The number of hydrogen-bond acceptors (Lipinski definition) is 3. The van der Waals surface area contributed by atoms with Crippen LogP contribution in [-0.2, 0) is 0 Å². The largest absolute Gasteiger partial charge is 0.497 e. The smallest absolute Gasteiger partial charge is 0.119 e. The quantitative estimate of drug-likeness (QED) is 0.368. The third-order valence-electron chi connectivity index (χ3n) is 5.77. The van der Waals surface area contributed by atoms with Crippen molar-refractivity contribution in [3.63, 3.8) is 0 Å². The van der Waals surface area contributed by atoms with Crippen molar-refractivity contribution in [1.29, 1.82) is 0 Å². The lowest BCUT2D eigenvalue weighted by Crippen LogP contribution is -1.97. The summed E-state index contributed by atoms with van der Waals surface area (Å²) >= 11 is 0. The number of ether oxygens (including phenoxy) is 1. The first-order chi connectivity index (χ1) is 14.5. The molecule has 5 aromatic rings. The maximum absolute atomic E-state index is 5.50. The minimum atomic E-state index is 0.807. The van der Waals surface area contributed by atoms with Gasteiger partial charge in [0, 0.05) is 22.5 Å². The zero-order valence-corrected chi connectivity index (χ0v) is 17.6. The van der Waals surface area contributed by atoms with Gasteiger partial charge in [-0.05, 0) is 68.3 Å². The summed E-state index contributed by atoms with van der Waals surface area (Å²) in [5.74, 6) is 0.807. The van der Waals surface area contributed by atoms with E-state index < -0.39 is 0 Å². The Morgan fingerprint density at radius 2 is 1.60 bits per heavy atom. The van der Waals surface area contributed by atoms with Crippen molar-refractivity contribution >= 4 is 21.8 Å². The van der Waals surface area contributed by atoms with Crippen LogP contribution in [0.3, 0.4) is 0 Å². The summed E-state index contributed by atoms with van der Waals surface area (Å²) in [4.78, 5) is 4.72. The molecule has 0 fully saturated rings. The summed E-state index contributed by atoms with van der Waals surface area (Å²) in [6.45, 7) is 6.36. The van der Waals surface area contributed by atoms with Crippen molar-refractivity contribution in [2.75, 3.05) is 7.11 Å². The summed E-state index contributed by atoms with van der Waals surface area (Å²) in [5, 5.41) is 7.12. The number of methoxy groups -OCH3 is 1. The van der Waals surface area contributed by atoms with E-state index in [0.29, 0.717) is 0 Å². The van der Waals surface area contributed by atoms with Gasteiger partial charge in [-0.15, -0.1) is 0 Å². The Bertz CT molecular complexity index is 1400. The molecule has 0 atom stereocenters. The average Bonchev–Trinajstić information content (AvgIpc) is 3.16. The molecule has 0 aliphatic carbocycles. The molecule has 0 unspecified atom stereocenters. The number of hydrogen-bond donors (Lipinski definition) is 0. The van der Waals surface area contributed by atoms with Gasteiger partial charge in [-0.2, -0.15) is 5.10 Å². The Morgan fingerprint density at radius 3 is 2.33 bits per heavy atom. The average molecular weight is 393 g/mol. The normalized spacial score (nSPS) is 11.3. The molecule has 0 aliphatic heterocycles. The predicted octanol–water partition coefficient (Wildman–Crippen LogP) is 6.17. The molecule has 148 valence electrons. The number of pyridine rings is 1. The summed E-state index contributed by atoms with van der Waals surface area (Å²) in [5.41, 5.74) is 8.76. The van der Waals surface area contributed by atoms with Crippen LogP contribution in [0.4, 0.5) is 0 Å². The van der Waals surface area contributed by atoms with Gasteiger partial charge in [-0.1, -0.05) is 29.8 Å². The highest BCUT2D eigenvalue weighted by atomic mass is 16.5. The van der Waals surface area contributed by atoms with Crippen LogP contribution in [0.15, 0.2) is 66.9 Å². The van der Waals surface area contributed by atoms with E-state index in [1.807, 2.05) is 29.1 Å². The number of fused-ring (bicyclic) bond motifs is 3. The minimum absolute atomic E-state index is 0.807. The third-order valence-corrected chi connectivity index (χ3v) is 5.77. The summed E-state index contributed by atoms with van der Waals surface area (Å²) < 4.78 is 7.53. The SMILES string of the molecule is COc1ccc2ncc3c(-c4ccc(C)c(C)c4)nn(-c4ccc(C)cc4)c3c2c1. The molecule has 0 saturated heterocycles. The molecular formula is C26H23N3O. The number of nitrogens with zero attached hydrogens (tertiary/aromatic N) is 3. The van der Waals surface area contributed by atoms with Crippen LogP contribution in [0.25, 0.3) is 38.8 Å². The first kappa shape index (κ1) is 18.4. The molecule has 0 saturated carbocycles. The van der Waals surface area contributed by atoms with Gasteiger partial charge in [0.15, 0.2) is 0 Å². The molecule has 0 aliphatic rings. The number of benzene rings is 3. The number of aryl methyl sites for hydroxylation is 3. The van der Waals surface area contributed by atoms with E-state index in [-0.39, 0.29) is 0 Å². The lowest BCUT2D eigenvalue weighted by molar-refractivity contribution is 0.415. The van der Waals surface area contributed by atoms with Crippen LogP contribution in [-0.4, -0.2) is 21.9 Å². The van der Waals surface area contributed by atoms with Gasteiger partial charge in [0.05, 0.1) is 23.8 Å². The lowest BCUT2D eigenvalue weighted by atomic mass is 10.0. The van der Waals surface area contributed by atoms with Crippen molar-refractivity contribution in [3.8, 4) is 22.7 Å². The predicted molar refractivity (Wildman–Crippen MR) is 123 cm³/mol. The van der Waals surface area contributed by atoms with Crippen LogP contribution in [0, 0.1) is 20.8 Å². The Balaban J connectivity index is 1.89. The Labute approximate surface area is 175 Å². The van der Waals surface area contributed by atoms with Gasteiger partial charge < -0.3 is 4.74 Å². The highest BCUT2D eigenvalue weighted by molar-refractivity contribution is 6.09. The van der Waals surface area contributed by atoms with E-state index in [0.717, 1.165) is 44.5 Å². The zero-order valence-electron chi connectivity index (χ0n) is 17.6. The highest BCUT2D eigenvalue weighted by Crippen LogP contribution is 2.35. The molecule has 3 aromatic carbocycles. The maximum Gasteiger partial charge on any atom is 0.119 e. The summed E-state index contributed by atoms with van der Waals surface area (Å²) in [7, 11) is 1.69. The van der Waals surface area contributed by atoms with E-state index >= 15 is 0 Å². The molecule has 5 rings (SSSR count). The fraction of sp³-hybridized carbons (Fsp3) is 0.154. The second kappa shape index (κ2) is 6.99. The standard InChI is InChI=1S/C26H23N3O/c1-16-5-9-20(10-6-16)29-26-22-14-21(30-4)11-12-24(22)27-15-23(26)25(28-29)19-8-7-17(2)18(3)13-19/h5-15H,1-4H3. The monoisotopic (exact) mass is 393 g/mol. The number of rotatable bonds is 3. The minimum Gasteiger partial charge on any atom is -0.497 e. The van der Waals surface area contributed by atoms with Crippen LogP contribution >= 0.6 is 0 Å². The summed E-state index contributed by atoms with van der Waals surface area (Å²) in [6, 6.07) is 20.9. The van der Waals surface area contributed by atoms with Gasteiger partial charge in [-0.3, -0.25) is 4.98 Å². The number of aromatic nitrogens is 3. The van der Waals surface area contributed by atoms with Crippen molar-refractivity contribution in [1.82, 2.24) is 14.8 Å². The molecule has 0 radical (unpaired) electrons. The van der Waals surface area contributed by atoms with Gasteiger partial charge in [0.1, 0.15) is 11.4 Å². The van der Waals surface area contributed by atoms with Crippen LogP contribution in [0.5, 0.6) is 5.75 Å². The Hall–Kier alpha value is -3.66. The Morgan fingerprint density at radius 1 is 0.800 bits per heavy atom. The molecule has 4 heteroatoms. The van der Waals surface area contributed by atoms with Crippen molar-refractivity contribution in [2.45, 2.75) is 20.8 Å². The van der Waals surface area contributed by atoms with Crippen molar-refractivity contribution < 1.29 is 4.74 Å². The van der Waals surface area contributed by atoms with Crippen LogP contribution < -0.4 is 4.74 Å². The van der Waals surface area contributed by atoms with Gasteiger partial charge >= 0.3 is 0 Å². The molecular weight excluding hydrogens is 370 g/mol. The summed E-state index contributed by atoms with van der Waals surface area (Å²) in [6.07, 6.45) is 1.94. The molecule has 0 amide bonds. The van der Waals surface area contributed by atoms with Gasteiger partial charge in [0.2, 0.25) is 0 Å². The highest BCUT2D eigenvalue weighted by Gasteiger charge is 2.18. The fourth-order valence-corrected chi connectivity index (χ4v) is 3.86. The lowest BCUT2D eigenvalue weighted by Gasteiger charge is -2.07. The second-order valence-electron chi connectivity index (χ2n) is 7.80. The molecule has 30 heavy (non-hydrogen) atoms. The van der Waals surface area contributed by atoms with Gasteiger partial charge in [0.25, 0.3) is 0 Å². The first-order valence-corrected chi connectivity index (χ1v) is 10.1. The molecule has 0 bridgehead atoms. The fourth-order valence-electron chi connectivity index (χ4n) is 3.86. The molecule has 2 aromatic heterocycles. The van der Waals surface area contributed by atoms with Crippen molar-refractivity contribution in [3.05, 3.63) is 83.6 Å². The van der Waals surface area contributed by atoms with Crippen molar-refractivity contribution in [2.24, 2.45) is 0 Å². The second-order valence-corrected chi connectivity index (χ2v) is 7.80. The molecule has 2 heterocycles. The van der Waals surface area contributed by atoms with Crippen LogP contribution in [0.2, 0.25) is 0 Å².